The van der Waals surface area contributed by atoms with Gasteiger partial charge in [0.15, 0.2) is 0 Å². The highest BCUT2D eigenvalue weighted by Gasteiger charge is 2.10. The first kappa shape index (κ1) is 16.7. The molecular formula is C16H17F2N3O2. The quantitative estimate of drug-likeness (QED) is 0.858. The summed E-state index contributed by atoms with van der Waals surface area (Å²) < 4.78 is 28.6. The van der Waals surface area contributed by atoms with Gasteiger partial charge in [0.25, 0.3) is 0 Å². The summed E-state index contributed by atoms with van der Waals surface area (Å²) in [6.07, 6.45) is 1.65. The van der Waals surface area contributed by atoms with Crippen LogP contribution < -0.4 is 15.4 Å². The summed E-state index contributed by atoms with van der Waals surface area (Å²) in [6.45, 7) is -0.860. The number of nitrogens with one attached hydrogen (secondary N) is 2. The zero-order valence-corrected chi connectivity index (χ0v) is 12.5. The van der Waals surface area contributed by atoms with Crippen molar-refractivity contribution in [3.63, 3.8) is 0 Å². The van der Waals surface area contributed by atoms with E-state index in [1.807, 2.05) is 19.1 Å². The number of aromatic nitrogens is 1. The summed E-state index contributed by atoms with van der Waals surface area (Å²) >= 11 is 0. The van der Waals surface area contributed by atoms with Crippen LogP contribution in [0, 0.1) is 0 Å². The van der Waals surface area contributed by atoms with E-state index in [1.54, 1.807) is 24.4 Å². The third kappa shape index (κ3) is 5.54. The molecule has 23 heavy (non-hydrogen) atoms. The number of hydrogen-bond donors (Lipinski definition) is 2. The first-order valence-corrected chi connectivity index (χ1v) is 7.03. The number of urea groups is 1. The number of carbonyl (C=O) groups is 1. The van der Waals surface area contributed by atoms with E-state index in [4.69, 9.17) is 0 Å². The van der Waals surface area contributed by atoms with E-state index in [0.717, 1.165) is 5.69 Å². The van der Waals surface area contributed by atoms with Gasteiger partial charge >= 0.3 is 12.6 Å². The standard InChI is InChI=1S/C16H17F2N3O2/c1-11(14-7-2-3-8-19-14)21-16(22)20-10-12-5-4-6-13(9-12)23-15(17)18/h2-9,11,15H,10H2,1H3,(H2,20,21,22). The van der Waals surface area contributed by atoms with Crippen LogP contribution in [-0.2, 0) is 6.54 Å². The largest absolute Gasteiger partial charge is 0.435 e. The average molecular weight is 321 g/mol. The molecule has 0 aliphatic heterocycles. The first-order valence-electron chi connectivity index (χ1n) is 7.03. The molecule has 2 amide bonds. The third-order valence-electron chi connectivity index (χ3n) is 3.06. The highest BCUT2D eigenvalue weighted by atomic mass is 19.3. The molecule has 0 radical (unpaired) electrons. The van der Waals surface area contributed by atoms with Crippen LogP contribution in [0.5, 0.6) is 5.75 Å². The van der Waals surface area contributed by atoms with Crippen LogP contribution in [0.2, 0.25) is 0 Å². The molecule has 0 saturated carbocycles. The van der Waals surface area contributed by atoms with E-state index in [9.17, 15) is 13.6 Å². The Morgan fingerprint density at radius 3 is 2.78 bits per heavy atom. The molecule has 2 aromatic rings. The number of nitrogens with zero attached hydrogens (tertiary/aromatic N) is 1. The van der Waals surface area contributed by atoms with Crippen molar-refractivity contribution >= 4 is 6.03 Å². The Morgan fingerprint density at radius 2 is 2.09 bits per heavy atom. The van der Waals surface area contributed by atoms with Crippen molar-refractivity contribution in [2.45, 2.75) is 26.1 Å². The molecule has 1 aromatic heterocycles. The Hall–Kier alpha value is -2.70. The fourth-order valence-corrected chi connectivity index (χ4v) is 1.97. The number of pyridine rings is 1. The molecule has 0 bridgehead atoms. The topological polar surface area (TPSA) is 63.2 Å². The Kier molecular flexibility index (Phi) is 5.85. The molecule has 1 aromatic carbocycles. The summed E-state index contributed by atoms with van der Waals surface area (Å²) in [6, 6.07) is 11.0. The maximum absolute atomic E-state index is 12.2. The van der Waals surface area contributed by atoms with Crippen molar-refractivity contribution < 1.29 is 18.3 Å². The van der Waals surface area contributed by atoms with Crippen molar-refractivity contribution in [1.29, 1.82) is 0 Å². The van der Waals surface area contributed by atoms with Gasteiger partial charge in [-0.05, 0) is 36.8 Å². The van der Waals surface area contributed by atoms with Gasteiger partial charge in [0.2, 0.25) is 0 Å². The fourth-order valence-electron chi connectivity index (χ4n) is 1.97. The second-order valence-electron chi connectivity index (χ2n) is 4.83. The summed E-state index contributed by atoms with van der Waals surface area (Å²) in [5, 5.41) is 5.41. The highest BCUT2D eigenvalue weighted by Crippen LogP contribution is 2.15. The monoisotopic (exact) mass is 321 g/mol. The molecule has 0 fully saturated rings. The summed E-state index contributed by atoms with van der Waals surface area (Å²) in [5.74, 6) is 0.0570. The minimum Gasteiger partial charge on any atom is -0.435 e. The normalized spacial score (nSPS) is 11.8. The van der Waals surface area contributed by atoms with Gasteiger partial charge in [-0.3, -0.25) is 4.98 Å². The van der Waals surface area contributed by atoms with Gasteiger partial charge in [0, 0.05) is 12.7 Å². The molecule has 0 saturated heterocycles. The zero-order valence-electron chi connectivity index (χ0n) is 12.5. The van der Waals surface area contributed by atoms with Crippen LogP contribution in [0.25, 0.3) is 0 Å². The van der Waals surface area contributed by atoms with Gasteiger partial charge in [0.1, 0.15) is 5.75 Å². The lowest BCUT2D eigenvalue weighted by Crippen LogP contribution is -2.36. The van der Waals surface area contributed by atoms with Crippen LogP contribution in [0.15, 0.2) is 48.7 Å². The average Bonchev–Trinajstić information content (AvgIpc) is 2.53. The molecule has 2 N–H and O–H groups in total. The SMILES string of the molecule is CC(NC(=O)NCc1cccc(OC(F)F)c1)c1ccccn1. The number of carbonyl (C=O) groups excluding carboxylic acids is 1. The molecule has 0 spiro atoms. The molecule has 122 valence electrons. The Bertz CT molecular complexity index is 638. The molecule has 7 heteroatoms. The van der Waals surface area contributed by atoms with Gasteiger partial charge in [-0.2, -0.15) is 8.78 Å². The lowest BCUT2D eigenvalue weighted by molar-refractivity contribution is -0.0498. The van der Waals surface area contributed by atoms with Gasteiger partial charge in [-0.1, -0.05) is 18.2 Å². The predicted molar refractivity (Wildman–Crippen MR) is 81.1 cm³/mol. The maximum Gasteiger partial charge on any atom is 0.387 e. The molecule has 5 nitrogen and oxygen atoms in total. The van der Waals surface area contributed by atoms with Crippen LogP contribution >= 0.6 is 0 Å². The van der Waals surface area contributed by atoms with E-state index in [0.29, 0.717) is 5.56 Å². The molecule has 1 atom stereocenters. The zero-order chi connectivity index (χ0) is 16.7. The number of amides is 2. The molecule has 2 rings (SSSR count). The lowest BCUT2D eigenvalue weighted by Gasteiger charge is -2.14. The van der Waals surface area contributed by atoms with Gasteiger partial charge in [-0.25, -0.2) is 4.79 Å². The predicted octanol–water partition coefficient (Wildman–Crippen LogP) is 3.24. The maximum atomic E-state index is 12.2. The van der Waals surface area contributed by atoms with E-state index >= 15 is 0 Å². The molecular weight excluding hydrogens is 304 g/mol. The fraction of sp³-hybridized carbons (Fsp3) is 0.250. The molecule has 0 aliphatic carbocycles. The third-order valence-corrected chi connectivity index (χ3v) is 3.06. The van der Waals surface area contributed by atoms with Gasteiger partial charge in [0.05, 0.1) is 11.7 Å². The number of ether oxygens (including phenoxy) is 1. The number of halogens is 2. The summed E-state index contributed by atoms with van der Waals surface area (Å²) in [5.41, 5.74) is 1.40. The number of rotatable bonds is 6. The second-order valence-corrected chi connectivity index (χ2v) is 4.83. The van der Waals surface area contributed by atoms with Crippen LogP contribution in [0.3, 0.4) is 0 Å². The summed E-state index contributed by atoms with van der Waals surface area (Å²) in [4.78, 5) is 16.0. The second kappa shape index (κ2) is 8.07. The van der Waals surface area contributed by atoms with Gasteiger partial charge in [-0.15, -0.1) is 0 Å². The van der Waals surface area contributed by atoms with E-state index in [2.05, 4.69) is 20.4 Å². The molecule has 1 unspecified atom stereocenters. The Balaban J connectivity index is 1.84. The van der Waals surface area contributed by atoms with E-state index in [-0.39, 0.29) is 24.4 Å². The van der Waals surface area contributed by atoms with Gasteiger partial charge < -0.3 is 15.4 Å². The van der Waals surface area contributed by atoms with Crippen molar-refractivity contribution in [1.82, 2.24) is 15.6 Å². The van der Waals surface area contributed by atoms with Crippen LogP contribution in [0.4, 0.5) is 13.6 Å². The van der Waals surface area contributed by atoms with Crippen LogP contribution in [0.1, 0.15) is 24.2 Å². The Labute approximate surface area is 132 Å². The van der Waals surface area contributed by atoms with Crippen molar-refractivity contribution in [3.05, 3.63) is 59.9 Å². The molecule has 1 heterocycles. The Morgan fingerprint density at radius 1 is 1.26 bits per heavy atom. The number of benzene rings is 1. The molecule has 0 aliphatic rings. The minimum absolute atomic E-state index is 0.0570. The van der Waals surface area contributed by atoms with E-state index < -0.39 is 6.61 Å². The number of alkyl halides is 2. The van der Waals surface area contributed by atoms with E-state index in [1.165, 1.54) is 12.1 Å². The smallest absolute Gasteiger partial charge is 0.387 e. The van der Waals surface area contributed by atoms with Crippen molar-refractivity contribution in [3.8, 4) is 5.75 Å². The first-order chi connectivity index (χ1) is 11.0. The van der Waals surface area contributed by atoms with Crippen molar-refractivity contribution in [2.75, 3.05) is 0 Å². The van der Waals surface area contributed by atoms with Crippen LogP contribution in [-0.4, -0.2) is 17.6 Å². The highest BCUT2D eigenvalue weighted by molar-refractivity contribution is 5.74. The summed E-state index contributed by atoms with van der Waals surface area (Å²) in [7, 11) is 0. The lowest BCUT2D eigenvalue weighted by atomic mass is 10.2. The van der Waals surface area contributed by atoms with Crippen molar-refractivity contribution in [2.24, 2.45) is 0 Å². The number of hydrogen-bond acceptors (Lipinski definition) is 3. The minimum atomic E-state index is -2.87.